The lowest BCUT2D eigenvalue weighted by Crippen LogP contribution is -2.22. The number of fused-ring (bicyclic) bond motifs is 1. The molecule has 3 aromatic rings. The first kappa shape index (κ1) is 22.9. The van der Waals surface area contributed by atoms with Crippen molar-refractivity contribution in [3.05, 3.63) is 93.5 Å². The van der Waals surface area contributed by atoms with Gasteiger partial charge in [-0.1, -0.05) is 58.4 Å². The van der Waals surface area contributed by atoms with Gasteiger partial charge in [-0.3, -0.25) is 9.79 Å². The molecule has 1 unspecified atom stereocenters. The predicted molar refractivity (Wildman–Crippen MR) is 133 cm³/mol. The number of hydrogen-bond acceptors (Lipinski definition) is 5. The molecular weight excluding hydrogens is 482 g/mol. The lowest BCUT2D eigenvalue weighted by Gasteiger charge is -2.15. The van der Waals surface area contributed by atoms with Crippen molar-refractivity contribution in [2.75, 3.05) is 26.5 Å². The highest BCUT2D eigenvalue weighted by Crippen LogP contribution is 2.37. The summed E-state index contributed by atoms with van der Waals surface area (Å²) in [5, 5.41) is 2.90. The standard InChI is InChI=1S/C26H24BrN3O3/c1-30(2)15-18-9-11-19(14-21(18)27)28-24(16-7-5-4-6-8-16)23-20-12-10-17(26(32)33-3)13-22(20)29-25(23)31/h4-14,23H,15H2,1-3H3,(H,29,31). The maximum Gasteiger partial charge on any atom is 0.337 e. The SMILES string of the molecule is COC(=O)c1ccc2c(c1)NC(=O)C2C(=Nc1ccc(CN(C)C)c(Br)c1)c1ccccc1. The fourth-order valence-corrected chi connectivity index (χ4v) is 4.39. The van der Waals surface area contributed by atoms with Crippen LogP contribution in [0.15, 0.2) is 76.2 Å². The molecule has 1 aliphatic heterocycles. The lowest BCUT2D eigenvalue weighted by atomic mass is 9.90. The molecule has 0 radical (unpaired) electrons. The molecule has 0 fully saturated rings. The van der Waals surface area contributed by atoms with Gasteiger partial charge < -0.3 is 15.0 Å². The van der Waals surface area contributed by atoms with E-state index in [0.29, 0.717) is 17.0 Å². The molecule has 168 valence electrons. The number of carbonyl (C=O) groups is 2. The normalized spacial score (nSPS) is 15.4. The van der Waals surface area contributed by atoms with Crippen molar-refractivity contribution < 1.29 is 14.3 Å². The summed E-state index contributed by atoms with van der Waals surface area (Å²) in [6.07, 6.45) is 0. The number of nitrogens with one attached hydrogen (secondary N) is 1. The van der Waals surface area contributed by atoms with Gasteiger partial charge in [0.1, 0.15) is 5.92 Å². The molecule has 0 saturated carbocycles. The van der Waals surface area contributed by atoms with Crippen molar-refractivity contribution in [1.29, 1.82) is 0 Å². The van der Waals surface area contributed by atoms with Crippen LogP contribution in [0.1, 0.15) is 33.0 Å². The van der Waals surface area contributed by atoms with Crippen molar-refractivity contribution >= 4 is 44.9 Å². The Morgan fingerprint density at radius 3 is 2.48 bits per heavy atom. The van der Waals surface area contributed by atoms with E-state index < -0.39 is 11.9 Å². The van der Waals surface area contributed by atoms with Gasteiger partial charge in [0, 0.05) is 16.7 Å². The number of nitrogens with zero attached hydrogens (tertiary/aromatic N) is 2. The number of carbonyl (C=O) groups excluding carboxylic acids is 2. The Morgan fingerprint density at radius 2 is 1.82 bits per heavy atom. The minimum absolute atomic E-state index is 0.182. The molecule has 6 nitrogen and oxygen atoms in total. The minimum atomic E-state index is -0.602. The predicted octanol–water partition coefficient (Wildman–Crippen LogP) is 5.15. The quantitative estimate of drug-likeness (QED) is 0.371. The minimum Gasteiger partial charge on any atom is -0.465 e. The van der Waals surface area contributed by atoms with Crippen molar-refractivity contribution in [1.82, 2.24) is 4.90 Å². The molecule has 7 heteroatoms. The fraction of sp³-hybridized carbons (Fsp3) is 0.192. The fourth-order valence-electron chi connectivity index (χ4n) is 3.90. The van der Waals surface area contributed by atoms with Crippen LogP contribution < -0.4 is 5.32 Å². The first-order valence-electron chi connectivity index (χ1n) is 10.5. The highest BCUT2D eigenvalue weighted by Gasteiger charge is 2.36. The summed E-state index contributed by atoms with van der Waals surface area (Å²) in [7, 11) is 5.38. The summed E-state index contributed by atoms with van der Waals surface area (Å²) in [4.78, 5) is 32.1. The van der Waals surface area contributed by atoms with E-state index in [0.717, 1.165) is 33.4 Å². The molecule has 0 aromatic heterocycles. The van der Waals surface area contributed by atoms with Crippen molar-refractivity contribution in [2.45, 2.75) is 12.5 Å². The topological polar surface area (TPSA) is 71.0 Å². The molecule has 4 rings (SSSR count). The van der Waals surface area contributed by atoms with Gasteiger partial charge in [-0.05, 0) is 55.1 Å². The Balaban J connectivity index is 1.80. The zero-order chi connectivity index (χ0) is 23.5. The third kappa shape index (κ3) is 4.89. The van der Waals surface area contributed by atoms with E-state index in [9.17, 15) is 9.59 Å². The van der Waals surface area contributed by atoms with E-state index in [4.69, 9.17) is 9.73 Å². The first-order valence-corrected chi connectivity index (χ1v) is 11.3. The van der Waals surface area contributed by atoms with Crippen molar-refractivity contribution in [3.63, 3.8) is 0 Å². The largest absolute Gasteiger partial charge is 0.465 e. The van der Waals surface area contributed by atoms with E-state index in [1.54, 1.807) is 18.2 Å². The molecule has 1 heterocycles. The van der Waals surface area contributed by atoms with Crippen LogP contribution in [0, 0.1) is 0 Å². The van der Waals surface area contributed by atoms with Crippen molar-refractivity contribution in [2.24, 2.45) is 4.99 Å². The van der Waals surface area contributed by atoms with Crippen LogP contribution in [0.3, 0.4) is 0 Å². The van der Waals surface area contributed by atoms with Crippen molar-refractivity contribution in [3.8, 4) is 0 Å². The van der Waals surface area contributed by atoms with E-state index in [1.165, 1.54) is 7.11 Å². The summed E-state index contributed by atoms with van der Waals surface area (Å²) in [6, 6.07) is 20.8. The number of aliphatic imine (C=N–C) groups is 1. The zero-order valence-electron chi connectivity index (χ0n) is 18.6. The smallest absolute Gasteiger partial charge is 0.337 e. The second kappa shape index (κ2) is 9.68. The Kier molecular flexibility index (Phi) is 6.72. The molecule has 1 aliphatic rings. The van der Waals surface area contributed by atoms with E-state index in [1.807, 2.05) is 62.6 Å². The van der Waals surface area contributed by atoms with Gasteiger partial charge in [0.25, 0.3) is 0 Å². The molecule has 0 saturated heterocycles. The summed E-state index contributed by atoms with van der Waals surface area (Å²) >= 11 is 3.65. The maximum atomic E-state index is 13.1. The summed E-state index contributed by atoms with van der Waals surface area (Å²) in [5.74, 6) is -1.23. The van der Waals surface area contributed by atoms with Crippen LogP contribution in [0.5, 0.6) is 0 Å². The van der Waals surface area contributed by atoms with Crippen LogP contribution in [-0.4, -0.2) is 43.7 Å². The number of anilines is 1. The number of hydrogen-bond donors (Lipinski definition) is 1. The van der Waals surface area contributed by atoms with E-state index in [-0.39, 0.29) is 5.91 Å². The number of esters is 1. The molecule has 3 aromatic carbocycles. The molecule has 1 amide bonds. The van der Waals surface area contributed by atoms with Gasteiger partial charge in [0.05, 0.1) is 24.1 Å². The third-order valence-corrected chi connectivity index (χ3v) is 6.16. The van der Waals surface area contributed by atoms with Gasteiger partial charge in [-0.25, -0.2) is 4.79 Å². The van der Waals surface area contributed by atoms with Gasteiger partial charge >= 0.3 is 5.97 Å². The van der Waals surface area contributed by atoms with E-state index in [2.05, 4.69) is 26.1 Å². The summed E-state index contributed by atoms with van der Waals surface area (Å²) < 4.78 is 5.77. The third-order valence-electron chi connectivity index (χ3n) is 5.42. The Hall–Kier alpha value is -3.29. The van der Waals surface area contributed by atoms with Crippen LogP contribution in [0.2, 0.25) is 0 Å². The second-order valence-electron chi connectivity index (χ2n) is 8.09. The zero-order valence-corrected chi connectivity index (χ0v) is 20.2. The lowest BCUT2D eigenvalue weighted by molar-refractivity contribution is -0.115. The molecular formula is C26H24BrN3O3. The second-order valence-corrected chi connectivity index (χ2v) is 8.95. The highest BCUT2D eigenvalue weighted by molar-refractivity contribution is 9.10. The number of rotatable bonds is 6. The molecule has 1 atom stereocenters. The number of methoxy groups -OCH3 is 1. The average Bonchev–Trinajstić information content (AvgIpc) is 3.13. The maximum absolute atomic E-state index is 13.1. The monoisotopic (exact) mass is 505 g/mol. The number of benzene rings is 3. The van der Waals surface area contributed by atoms with Gasteiger partial charge in [0.2, 0.25) is 5.91 Å². The summed E-state index contributed by atoms with van der Waals surface area (Å²) in [6.45, 7) is 0.803. The number of amides is 1. The molecule has 33 heavy (non-hydrogen) atoms. The van der Waals surface area contributed by atoms with Crippen LogP contribution in [0.25, 0.3) is 0 Å². The van der Waals surface area contributed by atoms with Gasteiger partial charge in [-0.15, -0.1) is 0 Å². The van der Waals surface area contributed by atoms with Crippen LogP contribution in [-0.2, 0) is 16.1 Å². The van der Waals surface area contributed by atoms with Gasteiger partial charge in [0.15, 0.2) is 0 Å². The summed E-state index contributed by atoms with van der Waals surface area (Å²) in [5.41, 5.74) is 5.16. The first-order chi connectivity index (χ1) is 15.9. The molecule has 0 bridgehead atoms. The number of ether oxygens (including phenoxy) is 1. The number of halogens is 1. The Morgan fingerprint density at radius 1 is 1.06 bits per heavy atom. The van der Waals surface area contributed by atoms with Gasteiger partial charge in [-0.2, -0.15) is 0 Å². The Labute approximate surface area is 201 Å². The molecule has 1 N–H and O–H groups in total. The molecule has 0 aliphatic carbocycles. The Bertz CT molecular complexity index is 1240. The van der Waals surface area contributed by atoms with Crippen LogP contribution in [0.4, 0.5) is 11.4 Å². The molecule has 0 spiro atoms. The van der Waals surface area contributed by atoms with E-state index >= 15 is 0 Å². The van der Waals surface area contributed by atoms with Crippen LogP contribution >= 0.6 is 15.9 Å². The highest BCUT2D eigenvalue weighted by atomic mass is 79.9. The average molecular weight is 506 g/mol.